The molecule has 0 aliphatic rings. The fourth-order valence-corrected chi connectivity index (χ4v) is 1.72. The molecular weight excluding hydrogens is 284 g/mol. The first-order valence-electron chi connectivity index (χ1n) is 5.58. The average Bonchev–Trinajstić information content (AvgIpc) is 2.30. The number of carbonyl (C=O) groups excluding carboxylic acids is 1. The van der Waals surface area contributed by atoms with Gasteiger partial charge in [0.25, 0.3) is 5.91 Å². The van der Waals surface area contributed by atoms with Crippen LogP contribution in [-0.4, -0.2) is 25.6 Å². The van der Waals surface area contributed by atoms with E-state index in [1.807, 2.05) is 6.07 Å². The van der Waals surface area contributed by atoms with E-state index in [4.69, 9.17) is 10.5 Å². The predicted molar refractivity (Wildman–Crippen MR) is 71.3 cm³/mol. The van der Waals surface area contributed by atoms with E-state index in [1.54, 1.807) is 12.1 Å². The first kappa shape index (κ1) is 14.0. The predicted octanol–water partition coefficient (Wildman–Crippen LogP) is 1.93. The molecule has 0 saturated heterocycles. The van der Waals surface area contributed by atoms with E-state index >= 15 is 0 Å². The molecule has 0 aromatic heterocycles. The number of hydrogen-bond donors (Lipinski definition) is 2. The van der Waals surface area contributed by atoms with E-state index in [0.29, 0.717) is 17.9 Å². The largest absolute Gasteiger partial charge is 0.491 e. The van der Waals surface area contributed by atoms with E-state index in [-0.39, 0.29) is 0 Å². The summed E-state index contributed by atoms with van der Waals surface area (Å²) in [7, 11) is 0. The highest BCUT2D eigenvalue weighted by Crippen LogP contribution is 2.22. The van der Waals surface area contributed by atoms with Crippen molar-refractivity contribution in [3.8, 4) is 5.75 Å². The minimum Gasteiger partial charge on any atom is -0.491 e. The Kier molecular flexibility index (Phi) is 6.00. The molecule has 0 bridgehead atoms. The molecular formula is C12H17BrN2O2. The fourth-order valence-electron chi connectivity index (χ4n) is 1.36. The van der Waals surface area contributed by atoms with Crippen molar-refractivity contribution in [3.05, 3.63) is 28.2 Å². The Morgan fingerprint density at radius 3 is 2.88 bits per heavy atom. The average molecular weight is 301 g/mol. The Bertz CT molecular complexity index is 383. The maximum absolute atomic E-state index is 11.2. The normalized spacial score (nSPS) is 10.2. The molecule has 0 saturated carbocycles. The Labute approximate surface area is 110 Å². The number of rotatable bonds is 7. The standard InChI is InChI=1S/C12H17BrN2O2/c1-2-5-15-6-7-17-11-4-3-9(13)8-10(11)12(14)16/h3-4,8,15H,2,5-7H2,1H3,(H2,14,16). The third-order valence-corrected chi connectivity index (χ3v) is 2.66. The van der Waals surface area contributed by atoms with Crippen molar-refractivity contribution in [2.45, 2.75) is 13.3 Å². The lowest BCUT2D eigenvalue weighted by Gasteiger charge is -2.10. The highest BCUT2D eigenvalue weighted by Gasteiger charge is 2.09. The number of ether oxygens (including phenoxy) is 1. The highest BCUT2D eigenvalue weighted by molar-refractivity contribution is 9.10. The SMILES string of the molecule is CCCNCCOc1ccc(Br)cc1C(N)=O. The quantitative estimate of drug-likeness (QED) is 0.756. The van der Waals surface area contributed by atoms with Crippen molar-refractivity contribution in [2.75, 3.05) is 19.7 Å². The van der Waals surface area contributed by atoms with Gasteiger partial charge in [0.1, 0.15) is 12.4 Å². The van der Waals surface area contributed by atoms with Crippen LogP contribution in [0.1, 0.15) is 23.7 Å². The van der Waals surface area contributed by atoms with Gasteiger partial charge in [-0.15, -0.1) is 0 Å². The third-order valence-electron chi connectivity index (χ3n) is 2.17. The fraction of sp³-hybridized carbons (Fsp3) is 0.417. The Hall–Kier alpha value is -1.07. The van der Waals surface area contributed by atoms with Gasteiger partial charge in [-0.3, -0.25) is 4.79 Å². The molecule has 0 aliphatic carbocycles. The zero-order valence-electron chi connectivity index (χ0n) is 9.83. The van der Waals surface area contributed by atoms with Crippen LogP contribution in [0.4, 0.5) is 0 Å². The van der Waals surface area contributed by atoms with Gasteiger partial charge in [0.2, 0.25) is 0 Å². The molecule has 0 radical (unpaired) electrons. The monoisotopic (exact) mass is 300 g/mol. The summed E-state index contributed by atoms with van der Waals surface area (Å²) < 4.78 is 6.32. The summed E-state index contributed by atoms with van der Waals surface area (Å²) in [5.41, 5.74) is 5.68. The molecule has 1 aromatic carbocycles. The lowest BCUT2D eigenvalue weighted by Crippen LogP contribution is -2.22. The minimum atomic E-state index is -0.484. The number of benzene rings is 1. The molecule has 0 heterocycles. The molecule has 3 N–H and O–H groups in total. The van der Waals surface area contributed by atoms with Gasteiger partial charge in [-0.25, -0.2) is 0 Å². The molecule has 0 unspecified atom stereocenters. The molecule has 0 atom stereocenters. The van der Waals surface area contributed by atoms with Gasteiger partial charge in [-0.1, -0.05) is 22.9 Å². The second kappa shape index (κ2) is 7.29. The summed E-state index contributed by atoms with van der Waals surface area (Å²) >= 11 is 3.29. The Morgan fingerprint density at radius 2 is 2.24 bits per heavy atom. The zero-order valence-corrected chi connectivity index (χ0v) is 11.4. The first-order valence-corrected chi connectivity index (χ1v) is 6.37. The van der Waals surface area contributed by atoms with E-state index in [9.17, 15) is 4.79 Å². The number of carbonyl (C=O) groups is 1. The van der Waals surface area contributed by atoms with E-state index in [2.05, 4.69) is 28.2 Å². The van der Waals surface area contributed by atoms with Crippen molar-refractivity contribution in [1.82, 2.24) is 5.32 Å². The summed E-state index contributed by atoms with van der Waals surface area (Å²) in [6.45, 7) is 4.34. The van der Waals surface area contributed by atoms with Gasteiger partial charge < -0.3 is 15.8 Å². The molecule has 0 spiro atoms. The van der Waals surface area contributed by atoms with Crippen LogP contribution in [0.3, 0.4) is 0 Å². The van der Waals surface area contributed by atoms with Gasteiger partial charge in [0.15, 0.2) is 0 Å². The molecule has 1 amide bonds. The van der Waals surface area contributed by atoms with Crippen LogP contribution in [0, 0.1) is 0 Å². The van der Waals surface area contributed by atoms with E-state index in [1.165, 1.54) is 0 Å². The van der Waals surface area contributed by atoms with Gasteiger partial charge in [0, 0.05) is 11.0 Å². The van der Waals surface area contributed by atoms with Crippen LogP contribution in [0.5, 0.6) is 5.75 Å². The molecule has 5 heteroatoms. The number of amides is 1. The molecule has 0 aliphatic heterocycles. The second-order valence-corrected chi connectivity index (χ2v) is 4.52. The smallest absolute Gasteiger partial charge is 0.252 e. The van der Waals surface area contributed by atoms with E-state index in [0.717, 1.165) is 24.0 Å². The van der Waals surface area contributed by atoms with Crippen molar-refractivity contribution in [2.24, 2.45) is 5.73 Å². The molecule has 1 rings (SSSR count). The van der Waals surface area contributed by atoms with Gasteiger partial charge in [0.05, 0.1) is 5.56 Å². The van der Waals surface area contributed by atoms with E-state index < -0.39 is 5.91 Å². The molecule has 4 nitrogen and oxygen atoms in total. The molecule has 94 valence electrons. The van der Waals surface area contributed by atoms with Crippen LogP contribution >= 0.6 is 15.9 Å². The van der Waals surface area contributed by atoms with Crippen LogP contribution in [0.15, 0.2) is 22.7 Å². The summed E-state index contributed by atoms with van der Waals surface area (Å²) in [6.07, 6.45) is 1.09. The Morgan fingerprint density at radius 1 is 1.47 bits per heavy atom. The maximum atomic E-state index is 11.2. The third kappa shape index (κ3) is 4.75. The van der Waals surface area contributed by atoms with Crippen LogP contribution in [0.2, 0.25) is 0 Å². The lowest BCUT2D eigenvalue weighted by molar-refractivity contribution is 0.0996. The van der Waals surface area contributed by atoms with Crippen molar-refractivity contribution < 1.29 is 9.53 Å². The van der Waals surface area contributed by atoms with Gasteiger partial charge in [-0.2, -0.15) is 0 Å². The molecule has 0 fully saturated rings. The Balaban J connectivity index is 2.55. The minimum absolute atomic E-state index is 0.398. The first-order chi connectivity index (χ1) is 8.15. The molecule has 17 heavy (non-hydrogen) atoms. The summed E-state index contributed by atoms with van der Waals surface area (Å²) in [5.74, 6) is 0.0433. The van der Waals surface area contributed by atoms with Crippen molar-refractivity contribution in [1.29, 1.82) is 0 Å². The zero-order chi connectivity index (χ0) is 12.7. The van der Waals surface area contributed by atoms with Crippen LogP contribution in [0.25, 0.3) is 0 Å². The van der Waals surface area contributed by atoms with Crippen LogP contribution < -0.4 is 15.8 Å². The summed E-state index contributed by atoms with van der Waals surface area (Å²) in [4.78, 5) is 11.2. The van der Waals surface area contributed by atoms with Gasteiger partial charge in [-0.05, 0) is 31.2 Å². The van der Waals surface area contributed by atoms with Crippen molar-refractivity contribution in [3.63, 3.8) is 0 Å². The summed E-state index contributed by atoms with van der Waals surface area (Å²) in [6, 6.07) is 5.22. The number of nitrogens with two attached hydrogens (primary N) is 1. The number of halogens is 1. The lowest BCUT2D eigenvalue weighted by atomic mass is 10.2. The summed E-state index contributed by atoms with van der Waals surface area (Å²) in [5, 5.41) is 3.21. The number of nitrogens with one attached hydrogen (secondary N) is 1. The van der Waals surface area contributed by atoms with Crippen LogP contribution in [-0.2, 0) is 0 Å². The highest BCUT2D eigenvalue weighted by atomic mass is 79.9. The molecule has 1 aromatic rings. The van der Waals surface area contributed by atoms with Crippen molar-refractivity contribution >= 4 is 21.8 Å². The maximum Gasteiger partial charge on any atom is 0.252 e. The second-order valence-electron chi connectivity index (χ2n) is 3.60. The number of hydrogen-bond acceptors (Lipinski definition) is 3. The van der Waals surface area contributed by atoms with Gasteiger partial charge >= 0.3 is 0 Å². The number of primary amides is 1. The topological polar surface area (TPSA) is 64.3 Å².